The van der Waals surface area contributed by atoms with Gasteiger partial charge in [0, 0.05) is 10.0 Å². The largest absolute Gasteiger partial charge is 0.489 e. The third-order valence-electron chi connectivity index (χ3n) is 2.51. The van der Waals surface area contributed by atoms with Gasteiger partial charge in [0.2, 0.25) is 0 Å². The van der Waals surface area contributed by atoms with Crippen LogP contribution in [0.25, 0.3) is 0 Å². The molecule has 0 aliphatic heterocycles. The summed E-state index contributed by atoms with van der Waals surface area (Å²) in [5.41, 5.74) is 0.842. The van der Waals surface area contributed by atoms with Crippen LogP contribution in [0.5, 0.6) is 11.5 Å². The van der Waals surface area contributed by atoms with E-state index in [0.29, 0.717) is 23.3 Å². The summed E-state index contributed by atoms with van der Waals surface area (Å²) < 4.78 is 11.1. The highest BCUT2D eigenvalue weighted by molar-refractivity contribution is 6.30. The summed E-state index contributed by atoms with van der Waals surface area (Å²) in [6.07, 6.45) is 0. The highest BCUT2D eigenvalue weighted by Gasteiger charge is 2.00. The van der Waals surface area contributed by atoms with Crippen molar-refractivity contribution in [2.75, 3.05) is 13.2 Å². The average molecular weight is 309 g/mol. The first-order valence-corrected chi connectivity index (χ1v) is 6.82. The monoisotopic (exact) mass is 308 g/mol. The van der Waals surface area contributed by atoms with Crippen molar-refractivity contribution in [3.8, 4) is 11.5 Å². The molecule has 0 atom stereocenters. The van der Waals surface area contributed by atoms with Crippen molar-refractivity contribution in [1.82, 2.24) is 0 Å². The summed E-state index contributed by atoms with van der Waals surface area (Å²) >= 11 is 11.6. The van der Waals surface area contributed by atoms with Crippen LogP contribution in [0.2, 0.25) is 10.0 Å². The predicted molar refractivity (Wildman–Crippen MR) is 83.0 cm³/mol. The van der Waals surface area contributed by atoms with Crippen LogP contribution in [-0.4, -0.2) is 13.2 Å². The second-order valence-electron chi connectivity index (χ2n) is 4.24. The molecule has 0 heterocycles. The van der Waals surface area contributed by atoms with E-state index in [9.17, 15) is 0 Å². The van der Waals surface area contributed by atoms with Crippen molar-refractivity contribution in [2.24, 2.45) is 0 Å². The molecular weight excluding hydrogens is 295 g/mol. The van der Waals surface area contributed by atoms with Crippen molar-refractivity contribution in [1.29, 1.82) is 0 Å². The summed E-state index contributed by atoms with van der Waals surface area (Å²) in [5.74, 6) is 1.50. The standard InChI is InChI=1S/C16H14Cl2O2/c1-12(10-19-15-6-2-13(17)3-7-15)11-20-16-8-4-14(18)5-9-16/h2-9H,1,10-11H2. The van der Waals surface area contributed by atoms with Crippen LogP contribution in [0.1, 0.15) is 0 Å². The Hall–Kier alpha value is -1.64. The van der Waals surface area contributed by atoms with Crippen molar-refractivity contribution < 1.29 is 9.47 Å². The Morgan fingerprint density at radius 2 is 1.10 bits per heavy atom. The van der Waals surface area contributed by atoms with Gasteiger partial charge in [0.25, 0.3) is 0 Å². The minimum atomic E-state index is 0.398. The first kappa shape index (κ1) is 14.8. The summed E-state index contributed by atoms with van der Waals surface area (Å²) in [6.45, 7) is 4.71. The minimum absolute atomic E-state index is 0.398. The first-order valence-electron chi connectivity index (χ1n) is 6.07. The summed E-state index contributed by atoms with van der Waals surface area (Å²) in [7, 11) is 0. The summed E-state index contributed by atoms with van der Waals surface area (Å²) in [5, 5.41) is 1.37. The highest BCUT2D eigenvalue weighted by atomic mass is 35.5. The Balaban J connectivity index is 1.75. The normalized spacial score (nSPS) is 10.1. The molecule has 0 aliphatic rings. The maximum absolute atomic E-state index is 5.80. The molecule has 0 bridgehead atoms. The summed E-state index contributed by atoms with van der Waals surface area (Å²) in [4.78, 5) is 0. The minimum Gasteiger partial charge on any atom is -0.489 e. The van der Waals surface area contributed by atoms with Gasteiger partial charge in [0.05, 0.1) is 0 Å². The van der Waals surface area contributed by atoms with E-state index < -0.39 is 0 Å². The lowest BCUT2D eigenvalue weighted by Gasteiger charge is -2.10. The third kappa shape index (κ3) is 4.80. The molecule has 0 aromatic heterocycles. The molecule has 2 aromatic carbocycles. The fourth-order valence-corrected chi connectivity index (χ4v) is 1.73. The molecule has 0 saturated heterocycles. The molecule has 0 unspecified atom stereocenters. The van der Waals surface area contributed by atoms with E-state index in [0.717, 1.165) is 17.1 Å². The Labute approximate surface area is 128 Å². The molecule has 2 rings (SSSR count). The molecule has 0 saturated carbocycles. The highest BCUT2D eigenvalue weighted by Crippen LogP contribution is 2.17. The zero-order valence-electron chi connectivity index (χ0n) is 10.8. The zero-order valence-corrected chi connectivity index (χ0v) is 12.3. The van der Waals surface area contributed by atoms with E-state index >= 15 is 0 Å². The topological polar surface area (TPSA) is 18.5 Å². The fourth-order valence-electron chi connectivity index (χ4n) is 1.47. The van der Waals surface area contributed by atoms with E-state index in [4.69, 9.17) is 32.7 Å². The van der Waals surface area contributed by atoms with Crippen molar-refractivity contribution in [2.45, 2.75) is 0 Å². The second-order valence-corrected chi connectivity index (χ2v) is 5.11. The van der Waals surface area contributed by atoms with Gasteiger partial charge >= 0.3 is 0 Å². The van der Waals surface area contributed by atoms with Gasteiger partial charge in [-0.1, -0.05) is 29.8 Å². The molecule has 2 nitrogen and oxygen atoms in total. The molecule has 104 valence electrons. The molecule has 0 amide bonds. The Kier molecular flexibility index (Phi) is 5.33. The Morgan fingerprint density at radius 3 is 1.45 bits per heavy atom. The Morgan fingerprint density at radius 1 is 0.750 bits per heavy atom. The lowest BCUT2D eigenvalue weighted by molar-refractivity contribution is 0.301. The molecule has 0 fully saturated rings. The van der Waals surface area contributed by atoms with Crippen molar-refractivity contribution in [3.63, 3.8) is 0 Å². The van der Waals surface area contributed by atoms with E-state index in [1.165, 1.54) is 0 Å². The number of rotatable bonds is 6. The quantitative estimate of drug-likeness (QED) is 0.699. The first-order chi connectivity index (χ1) is 9.63. The van der Waals surface area contributed by atoms with Gasteiger partial charge in [-0.05, 0) is 54.1 Å². The summed E-state index contributed by atoms with van der Waals surface area (Å²) in [6, 6.07) is 14.4. The van der Waals surface area contributed by atoms with Gasteiger partial charge in [0.15, 0.2) is 0 Å². The molecule has 0 N–H and O–H groups in total. The van der Waals surface area contributed by atoms with Crippen LogP contribution in [0.15, 0.2) is 60.7 Å². The number of ether oxygens (including phenoxy) is 2. The molecule has 4 heteroatoms. The maximum atomic E-state index is 5.80. The van der Waals surface area contributed by atoms with Gasteiger partial charge in [-0.15, -0.1) is 0 Å². The molecule has 0 spiro atoms. The van der Waals surface area contributed by atoms with Crippen LogP contribution >= 0.6 is 23.2 Å². The van der Waals surface area contributed by atoms with E-state index in [1.54, 1.807) is 24.3 Å². The van der Waals surface area contributed by atoms with Crippen molar-refractivity contribution >= 4 is 23.2 Å². The van der Waals surface area contributed by atoms with Gasteiger partial charge in [0.1, 0.15) is 24.7 Å². The number of benzene rings is 2. The van der Waals surface area contributed by atoms with E-state index in [1.807, 2.05) is 24.3 Å². The van der Waals surface area contributed by atoms with E-state index in [2.05, 4.69) is 6.58 Å². The lowest BCUT2D eigenvalue weighted by Crippen LogP contribution is -2.08. The number of hydrogen-bond donors (Lipinski definition) is 0. The fraction of sp³-hybridized carbons (Fsp3) is 0.125. The predicted octanol–water partition coefficient (Wildman–Crippen LogP) is 5.01. The van der Waals surface area contributed by atoms with Crippen LogP contribution in [0, 0.1) is 0 Å². The van der Waals surface area contributed by atoms with Crippen LogP contribution in [-0.2, 0) is 0 Å². The molecular formula is C16H14Cl2O2. The average Bonchev–Trinajstić information content (AvgIpc) is 2.46. The van der Waals surface area contributed by atoms with Crippen LogP contribution < -0.4 is 9.47 Å². The van der Waals surface area contributed by atoms with Crippen LogP contribution in [0.3, 0.4) is 0 Å². The SMILES string of the molecule is C=C(COc1ccc(Cl)cc1)COc1ccc(Cl)cc1. The number of hydrogen-bond acceptors (Lipinski definition) is 2. The number of halogens is 2. The Bertz CT molecular complexity index is 511. The van der Waals surface area contributed by atoms with Gasteiger partial charge in [-0.3, -0.25) is 0 Å². The molecule has 20 heavy (non-hydrogen) atoms. The van der Waals surface area contributed by atoms with Crippen molar-refractivity contribution in [3.05, 3.63) is 70.7 Å². The molecule has 2 aromatic rings. The van der Waals surface area contributed by atoms with Gasteiger partial charge < -0.3 is 9.47 Å². The zero-order chi connectivity index (χ0) is 14.4. The third-order valence-corrected chi connectivity index (χ3v) is 3.02. The molecule has 0 aliphatic carbocycles. The second kappa shape index (κ2) is 7.22. The van der Waals surface area contributed by atoms with Crippen LogP contribution in [0.4, 0.5) is 0 Å². The lowest BCUT2D eigenvalue weighted by atomic mass is 10.3. The maximum Gasteiger partial charge on any atom is 0.119 e. The molecule has 0 radical (unpaired) electrons. The van der Waals surface area contributed by atoms with Gasteiger partial charge in [-0.25, -0.2) is 0 Å². The van der Waals surface area contributed by atoms with Gasteiger partial charge in [-0.2, -0.15) is 0 Å². The smallest absolute Gasteiger partial charge is 0.119 e. The van der Waals surface area contributed by atoms with E-state index in [-0.39, 0.29) is 0 Å².